The van der Waals surface area contributed by atoms with Gasteiger partial charge in [-0.05, 0) is 6.42 Å². The number of aromatic nitrogens is 2. The number of rotatable bonds is 5. The van der Waals surface area contributed by atoms with Gasteiger partial charge in [-0.15, -0.1) is 0 Å². The van der Waals surface area contributed by atoms with Crippen molar-refractivity contribution < 1.29 is 0 Å². The molecule has 0 saturated carbocycles. The zero-order valence-electron chi connectivity index (χ0n) is 7.88. The molecule has 12 heavy (non-hydrogen) atoms. The quantitative estimate of drug-likeness (QED) is 0.681. The molecule has 0 saturated heterocycles. The smallest absolute Gasteiger partial charge is 0.123 e. The molecule has 0 amide bonds. The molecule has 0 fully saturated rings. The third kappa shape index (κ3) is 2.26. The van der Waals surface area contributed by atoms with Crippen LogP contribution in [0.15, 0.2) is 12.3 Å². The number of hydrogen-bond acceptors (Lipinski definition) is 2. The van der Waals surface area contributed by atoms with Crippen LogP contribution in [-0.2, 0) is 6.54 Å². The first-order chi connectivity index (χ1) is 5.88. The van der Waals surface area contributed by atoms with Gasteiger partial charge >= 0.3 is 0 Å². The van der Waals surface area contributed by atoms with Gasteiger partial charge in [-0.25, -0.2) is 4.68 Å². The first-order valence-corrected chi connectivity index (χ1v) is 4.58. The summed E-state index contributed by atoms with van der Waals surface area (Å²) in [5, 5.41) is 7.32. The molecule has 1 heterocycles. The second-order valence-corrected chi connectivity index (χ2v) is 2.90. The number of aryl methyl sites for hydroxylation is 1. The standard InChI is InChI=1S/C9H17N3/c1-3-4-5-8-12-9(10-2)6-7-11-12/h6-7,10H,3-5,8H2,1-2H3. The summed E-state index contributed by atoms with van der Waals surface area (Å²) in [5.41, 5.74) is 0. The summed E-state index contributed by atoms with van der Waals surface area (Å²) in [6.07, 6.45) is 5.59. The van der Waals surface area contributed by atoms with Gasteiger partial charge in [0.25, 0.3) is 0 Å². The van der Waals surface area contributed by atoms with Crippen molar-refractivity contribution in [2.45, 2.75) is 32.7 Å². The van der Waals surface area contributed by atoms with E-state index in [1.165, 1.54) is 19.3 Å². The molecule has 0 unspecified atom stereocenters. The van der Waals surface area contributed by atoms with E-state index in [0.717, 1.165) is 12.4 Å². The summed E-state index contributed by atoms with van der Waals surface area (Å²) in [5.74, 6) is 1.10. The molecule has 0 atom stereocenters. The van der Waals surface area contributed by atoms with Crippen LogP contribution in [0.2, 0.25) is 0 Å². The molecule has 1 rings (SSSR count). The average molecular weight is 167 g/mol. The van der Waals surface area contributed by atoms with Crippen LogP contribution in [0.1, 0.15) is 26.2 Å². The second-order valence-electron chi connectivity index (χ2n) is 2.90. The first-order valence-electron chi connectivity index (χ1n) is 4.58. The zero-order chi connectivity index (χ0) is 8.81. The molecule has 3 heteroatoms. The topological polar surface area (TPSA) is 29.9 Å². The Kier molecular flexibility index (Phi) is 3.64. The Morgan fingerprint density at radius 3 is 3.00 bits per heavy atom. The monoisotopic (exact) mass is 167 g/mol. The molecular weight excluding hydrogens is 150 g/mol. The van der Waals surface area contributed by atoms with Crippen LogP contribution in [0.3, 0.4) is 0 Å². The summed E-state index contributed by atoms with van der Waals surface area (Å²) >= 11 is 0. The zero-order valence-corrected chi connectivity index (χ0v) is 7.88. The molecular formula is C9H17N3. The van der Waals surface area contributed by atoms with Crippen LogP contribution in [0, 0.1) is 0 Å². The molecule has 0 bridgehead atoms. The Hall–Kier alpha value is -0.990. The molecule has 0 aliphatic rings. The maximum absolute atomic E-state index is 4.21. The lowest BCUT2D eigenvalue weighted by Gasteiger charge is -2.05. The van der Waals surface area contributed by atoms with Gasteiger partial charge in [0.15, 0.2) is 0 Å². The number of hydrogen-bond donors (Lipinski definition) is 1. The van der Waals surface area contributed by atoms with Crippen LogP contribution < -0.4 is 5.32 Å². The molecule has 0 spiro atoms. The third-order valence-electron chi connectivity index (χ3n) is 1.95. The molecule has 3 nitrogen and oxygen atoms in total. The Bertz CT molecular complexity index is 217. The summed E-state index contributed by atoms with van der Waals surface area (Å²) in [4.78, 5) is 0. The van der Waals surface area contributed by atoms with Crippen LogP contribution >= 0.6 is 0 Å². The largest absolute Gasteiger partial charge is 0.373 e. The highest BCUT2D eigenvalue weighted by Gasteiger charge is 1.97. The van der Waals surface area contributed by atoms with Crippen molar-refractivity contribution in [2.75, 3.05) is 12.4 Å². The summed E-state index contributed by atoms with van der Waals surface area (Å²) in [6, 6.07) is 1.99. The van der Waals surface area contributed by atoms with Crippen molar-refractivity contribution in [1.82, 2.24) is 9.78 Å². The summed E-state index contributed by atoms with van der Waals surface area (Å²) < 4.78 is 2.01. The number of nitrogens with zero attached hydrogens (tertiary/aromatic N) is 2. The highest BCUT2D eigenvalue weighted by Crippen LogP contribution is 2.06. The van der Waals surface area contributed by atoms with E-state index in [9.17, 15) is 0 Å². The molecule has 0 aromatic carbocycles. The minimum absolute atomic E-state index is 1.02. The van der Waals surface area contributed by atoms with Crippen molar-refractivity contribution in [3.05, 3.63) is 12.3 Å². The predicted molar refractivity (Wildman–Crippen MR) is 51.3 cm³/mol. The molecule has 1 aromatic heterocycles. The maximum atomic E-state index is 4.21. The number of unbranched alkanes of at least 4 members (excludes halogenated alkanes) is 2. The van der Waals surface area contributed by atoms with Crippen LogP contribution in [0.25, 0.3) is 0 Å². The minimum atomic E-state index is 1.02. The lowest BCUT2D eigenvalue weighted by atomic mass is 10.2. The summed E-state index contributed by atoms with van der Waals surface area (Å²) in [7, 11) is 1.92. The number of anilines is 1. The fraction of sp³-hybridized carbons (Fsp3) is 0.667. The van der Waals surface area contributed by atoms with Crippen LogP contribution in [0.4, 0.5) is 5.82 Å². The third-order valence-corrected chi connectivity index (χ3v) is 1.95. The molecule has 1 aromatic rings. The first kappa shape index (κ1) is 9.10. The Balaban J connectivity index is 2.39. The van der Waals surface area contributed by atoms with E-state index in [1.54, 1.807) is 0 Å². The summed E-state index contributed by atoms with van der Waals surface area (Å²) in [6.45, 7) is 3.24. The maximum Gasteiger partial charge on any atom is 0.123 e. The lowest BCUT2D eigenvalue weighted by Crippen LogP contribution is -2.04. The predicted octanol–water partition coefficient (Wildman–Crippen LogP) is 2.12. The fourth-order valence-electron chi connectivity index (χ4n) is 1.23. The Labute approximate surface area is 73.8 Å². The van der Waals surface area contributed by atoms with Crippen molar-refractivity contribution in [2.24, 2.45) is 0 Å². The van der Waals surface area contributed by atoms with E-state index in [0.29, 0.717) is 0 Å². The van der Waals surface area contributed by atoms with Gasteiger partial charge in [-0.3, -0.25) is 0 Å². The lowest BCUT2D eigenvalue weighted by molar-refractivity contribution is 0.558. The molecule has 68 valence electrons. The Morgan fingerprint density at radius 2 is 2.33 bits per heavy atom. The normalized spacial score (nSPS) is 10.2. The minimum Gasteiger partial charge on any atom is -0.373 e. The van der Waals surface area contributed by atoms with E-state index < -0.39 is 0 Å². The van der Waals surface area contributed by atoms with Crippen molar-refractivity contribution in [1.29, 1.82) is 0 Å². The van der Waals surface area contributed by atoms with E-state index >= 15 is 0 Å². The van der Waals surface area contributed by atoms with Gasteiger partial charge in [-0.2, -0.15) is 5.10 Å². The van der Waals surface area contributed by atoms with Gasteiger partial charge in [0, 0.05) is 19.7 Å². The highest BCUT2D eigenvalue weighted by molar-refractivity contribution is 5.32. The van der Waals surface area contributed by atoms with E-state index in [-0.39, 0.29) is 0 Å². The highest BCUT2D eigenvalue weighted by atomic mass is 15.3. The second kappa shape index (κ2) is 4.80. The molecule has 1 N–H and O–H groups in total. The SMILES string of the molecule is CCCCCn1nccc1NC. The van der Waals surface area contributed by atoms with Crippen molar-refractivity contribution in [3.8, 4) is 0 Å². The fourth-order valence-corrected chi connectivity index (χ4v) is 1.23. The van der Waals surface area contributed by atoms with Gasteiger partial charge in [0.2, 0.25) is 0 Å². The van der Waals surface area contributed by atoms with E-state index in [1.807, 2.05) is 24.0 Å². The van der Waals surface area contributed by atoms with Gasteiger partial charge in [-0.1, -0.05) is 19.8 Å². The van der Waals surface area contributed by atoms with Crippen molar-refractivity contribution >= 4 is 5.82 Å². The molecule has 0 aliphatic heterocycles. The number of nitrogens with one attached hydrogen (secondary N) is 1. The Morgan fingerprint density at radius 1 is 1.50 bits per heavy atom. The van der Waals surface area contributed by atoms with Crippen LogP contribution in [-0.4, -0.2) is 16.8 Å². The van der Waals surface area contributed by atoms with Crippen LogP contribution in [0.5, 0.6) is 0 Å². The van der Waals surface area contributed by atoms with E-state index in [4.69, 9.17) is 0 Å². The van der Waals surface area contributed by atoms with E-state index in [2.05, 4.69) is 17.3 Å². The van der Waals surface area contributed by atoms with Gasteiger partial charge in [0.05, 0.1) is 6.20 Å². The molecule has 0 radical (unpaired) electrons. The average Bonchev–Trinajstić information content (AvgIpc) is 2.52. The van der Waals surface area contributed by atoms with Crippen molar-refractivity contribution in [3.63, 3.8) is 0 Å². The van der Waals surface area contributed by atoms with Gasteiger partial charge < -0.3 is 5.32 Å². The van der Waals surface area contributed by atoms with Gasteiger partial charge in [0.1, 0.15) is 5.82 Å². The molecule has 0 aliphatic carbocycles.